The molecule has 0 saturated carbocycles. The van der Waals surface area contributed by atoms with Gasteiger partial charge in [-0.2, -0.15) is 0 Å². The summed E-state index contributed by atoms with van der Waals surface area (Å²) >= 11 is 3.19. The van der Waals surface area contributed by atoms with Crippen LogP contribution in [0.5, 0.6) is 5.75 Å². The van der Waals surface area contributed by atoms with E-state index >= 15 is 0 Å². The molecule has 0 amide bonds. The molecule has 0 N–H and O–H groups in total. The molecule has 0 unspecified atom stereocenters. The van der Waals surface area contributed by atoms with Gasteiger partial charge in [0.25, 0.3) is 0 Å². The summed E-state index contributed by atoms with van der Waals surface area (Å²) in [5, 5.41) is 0. The maximum Gasteiger partial charge on any atom is 0.151 e. The number of alkyl halides is 1. The largest absolute Gasteiger partial charge is 0.490 e. The molecule has 1 rings (SSSR count). The van der Waals surface area contributed by atoms with E-state index in [4.69, 9.17) is 4.74 Å². The zero-order chi connectivity index (χ0) is 9.68. The van der Waals surface area contributed by atoms with Crippen molar-refractivity contribution in [1.29, 1.82) is 0 Å². The fourth-order valence-electron chi connectivity index (χ4n) is 0.879. The Balaban J connectivity index is 2.87. The van der Waals surface area contributed by atoms with Gasteiger partial charge in [-0.1, -0.05) is 12.1 Å². The third-order valence-corrected chi connectivity index (χ3v) is 2.30. The molecule has 1 aromatic rings. The van der Waals surface area contributed by atoms with Crippen LogP contribution in [0.25, 0.3) is 0 Å². The second kappa shape index (κ2) is 4.97. The van der Waals surface area contributed by atoms with E-state index in [0.29, 0.717) is 22.1 Å². The molecular formula is C9H8BrFO2. The standard InChI is InChI=1S/C9H8BrFO2/c10-9-7(6-12)2-1-3-8(9)13-5-4-11/h1-3,6H,4-5H2. The topological polar surface area (TPSA) is 26.3 Å². The zero-order valence-corrected chi connectivity index (χ0v) is 8.38. The van der Waals surface area contributed by atoms with Crippen molar-refractivity contribution >= 4 is 22.2 Å². The molecule has 0 spiro atoms. The number of carbonyl (C=O) groups excluding carboxylic acids is 1. The van der Waals surface area contributed by atoms with Gasteiger partial charge in [-0.05, 0) is 22.0 Å². The van der Waals surface area contributed by atoms with Crippen LogP contribution in [-0.4, -0.2) is 19.6 Å². The average Bonchev–Trinajstić information content (AvgIpc) is 2.16. The van der Waals surface area contributed by atoms with Crippen LogP contribution in [0.4, 0.5) is 4.39 Å². The van der Waals surface area contributed by atoms with Crippen molar-refractivity contribution in [1.82, 2.24) is 0 Å². The van der Waals surface area contributed by atoms with Crippen LogP contribution in [0.1, 0.15) is 10.4 Å². The van der Waals surface area contributed by atoms with Crippen LogP contribution in [0, 0.1) is 0 Å². The molecule has 1 aromatic carbocycles. The number of ether oxygens (including phenoxy) is 1. The highest BCUT2D eigenvalue weighted by atomic mass is 79.9. The van der Waals surface area contributed by atoms with Crippen molar-refractivity contribution in [2.45, 2.75) is 0 Å². The number of hydrogen-bond donors (Lipinski definition) is 0. The van der Waals surface area contributed by atoms with E-state index in [9.17, 15) is 9.18 Å². The number of aldehydes is 1. The summed E-state index contributed by atoms with van der Waals surface area (Å²) in [7, 11) is 0. The van der Waals surface area contributed by atoms with Crippen molar-refractivity contribution < 1.29 is 13.9 Å². The first kappa shape index (κ1) is 10.2. The summed E-state index contributed by atoms with van der Waals surface area (Å²) in [5.74, 6) is 0.488. The molecule has 2 nitrogen and oxygen atoms in total. The third kappa shape index (κ3) is 2.52. The third-order valence-electron chi connectivity index (χ3n) is 1.45. The maximum absolute atomic E-state index is 11.8. The molecule has 4 heteroatoms. The Hall–Kier alpha value is -0.900. The van der Waals surface area contributed by atoms with Crippen molar-refractivity contribution in [2.75, 3.05) is 13.3 Å². The molecule has 0 aliphatic rings. The Kier molecular flexibility index (Phi) is 3.89. The fraction of sp³-hybridized carbons (Fsp3) is 0.222. The van der Waals surface area contributed by atoms with E-state index in [1.54, 1.807) is 18.2 Å². The van der Waals surface area contributed by atoms with Gasteiger partial charge < -0.3 is 4.74 Å². The first-order valence-electron chi connectivity index (χ1n) is 3.72. The lowest BCUT2D eigenvalue weighted by Crippen LogP contribution is -2.00. The number of halogens is 2. The average molecular weight is 247 g/mol. The second-order valence-corrected chi connectivity index (χ2v) is 3.11. The van der Waals surface area contributed by atoms with Gasteiger partial charge >= 0.3 is 0 Å². The van der Waals surface area contributed by atoms with E-state index in [1.165, 1.54) is 0 Å². The Morgan fingerprint density at radius 2 is 2.31 bits per heavy atom. The van der Waals surface area contributed by atoms with Crippen LogP contribution in [0.15, 0.2) is 22.7 Å². The lowest BCUT2D eigenvalue weighted by molar-refractivity contribution is 0.112. The molecule has 0 heterocycles. The highest BCUT2D eigenvalue weighted by Gasteiger charge is 2.04. The maximum atomic E-state index is 11.8. The quantitative estimate of drug-likeness (QED) is 0.764. The highest BCUT2D eigenvalue weighted by molar-refractivity contribution is 9.10. The first-order valence-corrected chi connectivity index (χ1v) is 4.51. The van der Waals surface area contributed by atoms with E-state index in [1.807, 2.05) is 0 Å². The number of carbonyl (C=O) groups is 1. The summed E-state index contributed by atoms with van der Waals surface area (Å²) in [6, 6.07) is 5.01. The van der Waals surface area contributed by atoms with Crippen LogP contribution in [0.2, 0.25) is 0 Å². The SMILES string of the molecule is O=Cc1cccc(OCCF)c1Br. The Labute approximate surface area is 83.8 Å². The summed E-state index contributed by atoms with van der Waals surface area (Å²) in [5.41, 5.74) is 0.497. The number of hydrogen-bond acceptors (Lipinski definition) is 2. The van der Waals surface area contributed by atoms with Crippen molar-refractivity contribution in [2.24, 2.45) is 0 Å². The zero-order valence-electron chi connectivity index (χ0n) is 6.80. The first-order chi connectivity index (χ1) is 6.29. The second-order valence-electron chi connectivity index (χ2n) is 2.31. The predicted molar refractivity (Wildman–Crippen MR) is 51.0 cm³/mol. The Bertz CT molecular complexity index is 302. The van der Waals surface area contributed by atoms with Crippen LogP contribution < -0.4 is 4.74 Å². The molecule has 0 aromatic heterocycles. The van der Waals surface area contributed by atoms with Crippen LogP contribution in [0.3, 0.4) is 0 Å². The molecule has 0 aliphatic carbocycles. The van der Waals surface area contributed by atoms with Gasteiger partial charge in [-0.25, -0.2) is 4.39 Å². The summed E-state index contributed by atoms with van der Waals surface area (Å²) in [6.07, 6.45) is 0.715. The van der Waals surface area contributed by atoms with Gasteiger partial charge in [0.15, 0.2) is 6.29 Å². The smallest absolute Gasteiger partial charge is 0.151 e. The molecule has 0 fully saturated rings. The molecule has 0 radical (unpaired) electrons. The van der Waals surface area contributed by atoms with Crippen LogP contribution >= 0.6 is 15.9 Å². The fourth-order valence-corrected chi connectivity index (χ4v) is 1.35. The van der Waals surface area contributed by atoms with E-state index in [2.05, 4.69) is 15.9 Å². The lowest BCUT2D eigenvalue weighted by atomic mass is 10.2. The van der Waals surface area contributed by atoms with Gasteiger partial charge in [0.05, 0.1) is 4.47 Å². The van der Waals surface area contributed by atoms with Gasteiger partial charge in [0, 0.05) is 5.56 Å². The highest BCUT2D eigenvalue weighted by Crippen LogP contribution is 2.27. The summed E-state index contributed by atoms with van der Waals surface area (Å²) in [6.45, 7) is -0.543. The molecule has 0 saturated heterocycles. The molecule has 0 atom stereocenters. The van der Waals surface area contributed by atoms with E-state index < -0.39 is 6.67 Å². The number of benzene rings is 1. The van der Waals surface area contributed by atoms with Crippen LogP contribution in [-0.2, 0) is 0 Å². The normalized spacial score (nSPS) is 9.69. The van der Waals surface area contributed by atoms with Gasteiger partial charge in [0.1, 0.15) is 19.0 Å². The minimum Gasteiger partial charge on any atom is -0.490 e. The molecular weight excluding hydrogens is 239 g/mol. The van der Waals surface area contributed by atoms with Gasteiger partial charge in [-0.15, -0.1) is 0 Å². The van der Waals surface area contributed by atoms with Crippen molar-refractivity contribution in [3.63, 3.8) is 0 Å². The Morgan fingerprint density at radius 3 is 2.92 bits per heavy atom. The minimum atomic E-state index is -0.544. The minimum absolute atomic E-state index is 0.000903. The lowest BCUT2D eigenvalue weighted by Gasteiger charge is -2.06. The van der Waals surface area contributed by atoms with Crippen molar-refractivity contribution in [3.8, 4) is 5.75 Å². The van der Waals surface area contributed by atoms with E-state index in [0.717, 1.165) is 0 Å². The monoisotopic (exact) mass is 246 g/mol. The molecule has 13 heavy (non-hydrogen) atoms. The predicted octanol–water partition coefficient (Wildman–Crippen LogP) is 2.61. The van der Waals surface area contributed by atoms with Gasteiger partial charge in [0.2, 0.25) is 0 Å². The van der Waals surface area contributed by atoms with Gasteiger partial charge in [-0.3, -0.25) is 4.79 Å². The van der Waals surface area contributed by atoms with Crippen molar-refractivity contribution in [3.05, 3.63) is 28.2 Å². The summed E-state index contributed by atoms with van der Waals surface area (Å²) in [4.78, 5) is 10.5. The Morgan fingerprint density at radius 1 is 1.54 bits per heavy atom. The molecule has 0 aliphatic heterocycles. The van der Waals surface area contributed by atoms with E-state index in [-0.39, 0.29) is 6.61 Å². The summed E-state index contributed by atoms with van der Waals surface area (Å²) < 4.78 is 17.4. The number of rotatable bonds is 4. The molecule has 0 bridgehead atoms. The molecule has 70 valence electrons.